The highest BCUT2D eigenvalue weighted by atomic mass is 19.1. The zero-order chi connectivity index (χ0) is 16.7. The Kier molecular flexibility index (Phi) is 3.63. The molecule has 0 spiro atoms. The highest BCUT2D eigenvalue weighted by Gasteiger charge is 2.36. The standard InChI is InChI=1S/C19H17F2N3/c1-24(18(12-5-6-12)13-7-9-14(20)10-8-13)19-17-15(21)3-2-4-16(17)22-11-23-19/h2-4,7-12,18H,5-6H2,1H3/t18-/m0/s1. The second-order valence-electron chi connectivity index (χ2n) is 6.28. The van der Waals surface area contributed by atoms with Gasteiger partial charge < -0.3 is 4.90 Å². The molecule has 0 aliphatic heterocycles. The molecular formula is C19H17F2N3. The van der Waals surface area contributed by atoms with Gasteiger partial charge in [-0.3, -0.25) is 0 Å². The van der Waals surface area contributed by atoms with Gasteiger partial charge in [0.1, 0.15) is 23.8 Å². The van der Waals surface area contributed by atoms with Gasteiger partial charge in [-0.2, -0.15) is 0 Å². The van der Waals surface area contributed by atoms with Gasteiger partial charge in [-0.1, -0.05) is 18.2 Å². The fourth-order valence-electron chi connectivity index (χ4n) is 3.34. The van der Waals surface area contributed by atoms with E-state index >= 15 is 0 Å². The Morgan fingerprint density at radius 1 is 1.04 bits per heavy atom. The highest BCUT2D eigenvalue weighted by molar-refractivity contribution is 5.89. The van der Waals surface area contributed by atoms with E-state index in [1.165, 1.54) is 24.5 Å². The molecule has 2 aromatic carbocycles. The molecule has 0 unspecified atom stereocenters. The van der Waals surface area contributed by atoms with Crippen molar-refractivity contribution in [3.05, 3.63) is 66.0 Å². The number of benzene rings is 2. The third kappa shape index (κ3) is 2.60. The fourth-order valence-corrected chi connectivity index (χ4v) is 3.34. The van der Waals surface area contributed by atoms with Crippen LogP contribution in [0.5, 0.6) is 0 Å². The number of rotatable bonds is 4. The van der Waals surface area contributed by atoms with Crippen molar-refractivity contribution in [2.75, 3.05) is 11.9 Å². The first-order valence-electron chi connectivity index (χ1n) is 8.02. The Morgan fingerprint density at radius 2 is 1.79 bits per heavy atom. The number of hydrogen-bond acceptors (Lipinski definition) is 3. The van der Waals surface area contributed by atoms with Crippen molar-refractivity contribution >= 4 is 16.7 Å². The quantitative estimate of drug-likeness (QED) is 0.707. The maximum atomic E-state index is 14.4. The van der Waals surface area contributed by atoms with E-state index in [1.807, 2.05) is 11.9 Å². The summed E-state index contributed by atoms with van der Waals surface area (Å²) in [5, 5.41) is 0.426. The average Bonchev–Trinajstić information content (AvgIpc) is 3.41. The summed E-state index contributed by atoms with van der Waals surface area (Å²) in [4.78, 5) is 10.5. The molecule has 3 aromatic rings. The lowest BCUT2D eigenvalue weighted by molar-refractivity contribution is 0.581. The van der Waals surface area contributed by atoms with Gasteiger partial charge >= 0.3 is 0 Å². The summed E-state index contributed by atoms with van der Waals surface area (Å²) in [6.45, 7) is 0. The maximum Gasteiger partial charge on any atom is 0.143 e. The third-order valence-corrected chi connectivity index (χ3v) is 4.62. The Hall–Kier alpha value is -2.56. The van der Waals surface area contributed by atoms with Crippen LogP contribution in [0, 0.1) is 17.6 Å². The summed E-state index contributed by atoms with van der Waals surface area (Å²) in [5.74, 6) is 0.453. The summed E-state index contributed by atoms with van der Waals surface area (Å²) in [5.41, 5.74) is 1.60. The Balaban J connectivity index is 1.81. The summed E-state index contributed by atoms with van der Waals surface area (Å²) in [7, 11) is 1.92. The van der Waals surface area contributed by atoms with Crippen LogP contribution in [-0.2, 0) is 0 Å². The van der Waals surface area contributed by atoms with E-state index in [0.717, 1.165) is 18.4 Å². The first kappa shape index (κ1) is 15.0. The highest BCUT2D eigenvalue weighted by Crippen LogP contribution is 2.46. The molecule has 1 aliphatic rings. The van der Waals surface area contributed by atoms with Crippen LogP contribution in [0.25, 0.3) is 10.9 Å². The van der Waals surface area contributed by atoms with Crippen molar-refractivity contribution in [1.82, 2.24) is 9.97 Å². The van der Waals surface area contributed by atoms with Gasteiger partial charge in [0.15, 0.2) is 0 Å². The first-order valence-corrected chi connectivity index (χ1v) is 8.02. The van der Waals surface area contributed by atoms with Crippen molar-refractivity contribution in [3.8, 4) is 0 Å². The Bertz CT molecular complexity index is 870. The zero-order valence-corrected chi connectivity index (χ0v) is 13.3. The van der Waals surface area contributed by atoms with Crippen molar-refractivity contribution in [2.24, 2.45) is 5.92 Å². The van der Waals surface area contributed by atoms with Crippen LogP contribution in [0.2, 0.25) is 0 Å². The second-order valence-corrected chi connectivity index (χ2v) is 6.28. The molecule has 1 aliphatic carbocycles. The Labute approximate surface area is 139 Å². The van der Waals surface area contributed by atoms with E-state index in [1.54, 1.807) is 24.3 Å². The molecule has 24 heavy (non-hydrogen) atoms. The summed E-state index contributed by atoms with van der Waals surface area (Å²) >= 11 is 0. The van der Waals surface area contributed by atoms with E-state index in [9.17, 15) is 8.78 Å². The van der Waals surface area contributed by atoms with Gasteiger partial charge in [0.05, 0.1) is 16.9 Å². The van der Waals surface area contributed by atoms with E-state index in [-0.39, 0.29) is 17.7 Å². The van der Waals surface area contributed by atoms with E-state index in [2.05, 4.69) is 9.97 Å². The van der Waals surface area contributed by atoms with Crippen LogP contribution in [0.3, 0.4) is 0 Å². The minimum Gasteiger partial charge on any atom is -0.352 e. The molecular weight excluding hydrogens is 308 g/mol. The molecule has 5 heteroatoms. The van der Waals surface area contributed by atoms with Crippen molar-refractivity contribution < 1.29 is 8.78 Å². The number of aromatic nitrogens is 2. The molecule has 1 atom stereocenters. The molecule has 1 heterocycles. The lowest BCUT2D eigenvalue weighted by Gasteiger charge is -2.30. The molecule has 0 bridgehead atoms. The summed E-state index contributed by atoms with van der Waals surface area (Å²) < 4.78 is 27.7. The predicted molar refractivity (Wildman–Crippen MR) is 89.8 cm³/mol. The molecule has 1 saturated carbocycles. The SMILES string of the molecule is CN(c1ncnc2cccc(F)c12)[C@H](c1ccc(F)cc1)C1CC1. The van der Waals surface area contributed by atoms with E-state index < -0.39 is 0 Å². The minimum atomic E-state index is -0.330. The molecule has 0 N–H and O–H groups in total. The molecule has 0 radical (unpaired) electrons. The van der Waals surface area contributed by atoms with Crippen LogP contribution >= 0.6 is 0 Å². The van der Waals surface area contributed by atoms with Crippen LogP contribution < -0.4 is 4.90 Å². The number of fused-ring (bicyclic) bond motifs is 1. The molecule has 4 rings (SSSR count). The van der Waals surface area contributed by atoms with Crippen LogP contribution in [0.1, 0.15) is 24.4 Å². The number of anilines is 1. The summed E-state index contributed by atoms with van der Waals surface area (Å²) in [6, 6.07) is 11.4. The second kappa shape index (κ2) is 5.82. The Morgan fingerprint density at radius 3 is 2.50 bits per heavy atom. The number of halogens is 2. The van der Waals surface area contributed by atoms with Gasteiger partial charge in [-0.25, -0.2) is 18.7 Å². The van der Waals surface area contributed by atoms with Crippen LogP contribution in [-0.4, -0.2) is 17.0 Å². The first-order chi connectivity index (χ1) is 11.6. The smallest absolute Gasteiger partial charge is 0.143 e. The van der Waals surface area contributed by atoms with E-state index in [4.69, 9.17) is 0 Å². The lowest BCUT2D eigenvalue weighted by atomic mass is 10.0. The van der Waals surface area contributed by atoms with Gasteiger partial charge in [0.25, 0.3) is 0 Å². The normalized spacial score (nSPS) is 15.5. The van der Waals surface area contributed by atoms with E-state index in [0.29, 0.717) is 22.6 Å². The summed E-state index contributed by atoms with van der Waals surface area (Å²) in [6.07, 6.45) is 3.68. The third-order valence-electron chi connectivity index (χ3n) is 4.62. The minimum absolute atomic E-state index is 0.0447. The van der Waals surface area contributed by atoms with Crippen LogP contribution in [0.4, 0.5) is 14.6 Å². The largest absolute Gasteiger partial charge is 0.352 e. The monoisotopic (exact) mass is 325 g/mol. The van der Waals surface area contributed by atoms with Gasteiger partial charge in [-0.15, -0.1) is 0 Å². The van der Waals surface area contributed by atoms with Crippen molar-refractivity contribution in [3.63, 3.8) is 0 Å². The molecule has 1 fully saturated rings. The lowest BCUT2D eigenvalue weighted by Crippen LogP contribution is -2.27. The van der Waals surface area contributed by atoms with Crippen LogP contribution in [0.15, 0.2) is 48.8 Å². The molecule has 0 amide bonds. The van der Waals surface area contributed by atoms with Gasteiger partial charge in [0, 0.05) is 7.05 Å². The predicted octanol–water partition coefficient (Wildman–Crippen LogP) is 4.50. The van der Waals surface area contributed by atoms with Gasteiger partial charge in [0.2, 0.25) is 0 Å². The maximum absolute atomic E-state index is 14.4. The fraction of sp³-hybridized carbons (Fsp3) is 0.263. The molecule has 3 nitrogen and oxygen atoms in total. The number of nitrogens with zero attached hydrogens (tertiary/aromatic N) is 3. The number of hydrogen-bond donors (Lipinski definition) is 0. The molecule has 0 saturated heterocycles. The molecule has 1 aromatic heterocycles. The zero-order valence-electron chi connectivity index (χ0n) is 13.3. The molecule has 122 valence electrons. The topological polar surface area (TPSA) is 29.0 Å². The van der Waals surface area contributed by atoms with Gasteiger partial charge in [-0.05, 0) is 48.6 Å². The average molecular weight is 325 g/mol. The van der Waals surface area contributed by atoms with Crippen molar-refractivity contribution in [2.45, 2.75) is 18.9 Å². The van der Waals surface area contributed by atoms with Crippen molar-refractivity contribution in [1.29, 1.82) is 0 Å².